The molecule has 9 heteroatoms. The van der Waals surface area contributed by atoms with Gasteiger partial charge in [-0.2, -0.15) is 0 Å². The maximum absolute atomic E-state index is 12.5. The highest BCUT2D eigenvalue weighted by molar-refractivity contribution is 7.96. The van der Waals surface area contributed by atoms with Crippen molar-refractivity contribution >= 4 is 46.9 Å². The summed E-state index contributed by atoms with van der Waals surface area (Å²) in [5.74, 6) is 0.293. The Morgan fingerprint density at radius 3 is 1.97 bits per heavy atom. The van der Waals surface area contributed by atoms with Gasteiger partial charge in [0.15, 0.2) is 6.61 Å². The van der Waals surface area contributed by atoms with Crippen LogP contribution >= 0.6 is 24.8 Å². The Bertz CT molecular complexity index is 1070. The fourth-order valence-electron chi connectivity index (χ4n) is 3.12. The molecule has 0 aliphatic carbocycles. The molecule has 0 heterocycles. The molecule has 0 saturated carbocycles. The Morgan fingerprint density at radius 1 is 0.971 bits per heavy atom. The highest BCUT2D eigenvalue weighted by Crippen LogP contribution is 2.25. The highest BCUT2D eigenvalue weighted by atomic mass is 32.1. The Balaban J connectivity index is 0.00000100. The van der Waals surface area contributed by atoms with Crippen LogP contribution in [0.2, 0.25) is 0 Å². The van der Waals surface area contributed by atoms with Gasteiger partial charge in [-0.3, -0.25) is 9.59 Å². The molecule has 3 aromatic rings. The number of nitrogens with zero attached hydrogens (tertiary/aromatic N) is 1. The van der Waals surface area contributed by atoms with Crippen LogP contribution in [0, 0.1) is 6.92 Å². The highest BCUT2D eigenvalue weighted by Gasteiger charge is 2.15. The van der Waals surface area contributed by atoms with E-state index in [2.05, 4.69) is 23.7 Å². The minimum absolute atomic E-state index is 0.185. The summed E-state index contributed by atoms with van der Waals surface area (Å²) < 4.78 is 11.0. The van der Waals surface area contributed by atoms with Crippen LogP contribution in [-0.4, -0.2) is 34.9 Å². The average molecular weight is 512 g/mol. The molecule has 0 aliphatic rings. The topological polar surface area (TPSA) is 93.9 Å². The predicted octanol–water partition coefficient (Wildman–Crippen LogP) is 4.94. The first kappa shape index (κ1) is 27.7. The van der Waals surface area contributed by atoms with Gasteiger partial charge < -0.3 is 25.4 Å². The molecule has 0 spiro atoms. The summed E-state index contributed by atoms with van der Waals surface area (Å²) in [4.78, 5) is 23.5. The van der Waals surface area contributed by atoms with E-state index >= 15 is 0 Å². The van der Waals surface area contributed by atoms with E-state index in [9.17, 15) is 4.79 Å². The fourth-order valence-corrected chi connectivity index (χ4v) is 3.31. The van der Waals surface area contributed by atoms with Crippen molar-refractivity contribution in [2.45, 2.75) is 20.0 Å². The van der Waals surface area contributed by atoms with Crippen molar-refractivity contribution in [2.75, 3.05) is 19.0 Å². The molecule has 7 nitrogen and oxygen atoms in total. The largest absolute Gasteiger partial charge is 0.495 e. The summed E-state index contributed by atoms with van der Waals surface area (Å²) in [5.41, 5.74) is 8.18. The summed E-state index contributed by atoms with van der Waals surface area (Å²) in [6, 6.07) is 25.7. The van der Waals surface area contributed by atoms with Crippen molar-refractivity contribution in [3.63, 3.8) is 0 Å². The molecular weight excluding hydrogens is 482 g/mol. The molecule has 0 aliphatic heterocycles. The summed E-state index contributed by atoms with van der Waals surface area (Å²) in [6.07, 6.45) is 0. The number of anilines is 1. The molecule has 3 N–H and O–H groups in total. The van der Waals surface area contributed by atoms with Crippen LogP contribution in [0.15, 0.2) is 78.9 Å². The SMILES string of the molecule is COc1ccc(C)cc1NC(=O)COC(=S)N(Cc1ccccc1)Cc1ccccc1.NC(=O)S. The second kappa shape index (κ2) is 14.6. The molecule has 184 valence electrons. The van der Waals surface area contributed by atoms with Crippen LogP contribution in [0.3, 0.4) is 0 Å². The number of nitrogens with two attached hydrogens (primary N) is 1. The molecular formula is C26H29N3O4S2. The van der Waals surface area contributed by atoms with Gasteiger partial charge in [-0.05, 0) is 48.0 Å². The second-order valence-corrected chi connectivity index (χ2v) is 8.26. The first-order valence-corrected chi connectivity index (χ1v) is 11.6. The van der Waals surface area contributed by atoms with Crippen LogP contribution in [0.4, 0.5) is 10.5 Å². The number of rotatable bonds is 8. The molecule has 0 unspecified atom stereocenters. The number of primary amides is 1. The molecule has 0 saturated heterocycles. The van der Waals surface area contributed by atoms with E-state index in [0.717, 1.165) is 16.7 Å². The standard InChI is InChI=1S/C25H26N2O3S.CH3NOS/c1-19-13-14-23(29-2)22(15-19)26-24(28)18-30-25(31)27(16-20-9-5-3-6-10-20)17-21-11-7-4-8-12-21;2-1(3)4/h3-15H,16-18H2,1-2H3,(H,26,28);(H3,2,3,4). The van der Waals surface area contributed by atoms with Crippen molar-refractivity contribution < 1.29 is 19.1 Å². The molecule has 2 amide bonds. The second-order valence-electron chi connectivity index (χ2n) is 7.47. The predicted molar refractivity (Wildman–Crippen MR) is 146 cm³/mol. The number of hydrogen-bond acceptors (Lipinski definition) is 5. The number of thiol groups is 1. The zero-order chi connectivity index (χ0) is 25.6. The smallest absolute Gasteiger partial charge is 0.273 e. The first-order chi connectivity index (χ1) is 16.8. The third-order valence-corrected chi connectivity index (χ3v) is 5.02. The van der Waals surface area contributed by atoms with Gasteiger partial charge in [0.05, 0.1) is 12.8 Å². The number of carbonyl (C=O) groups is 2. The van der Waals surface area contributed by atoms with Crippen molar-refractivity contribution in [3.8, 4) is 5.75 Å². The van der Waals surface area contributed by atoms with Gasteiger partial charge >= 0.3 is 0 Å². The Morgan fingerprint density at radius 2 is 1.49 bits per heavy atom. The van der Waals surface area contributed by atoms with Crippen molar-refractivity contribution in [3.05, 3.63) is 95.6 Å². The molecule has 0 aromatic heterocycles. The minimum Gasteiger partial charge on any atom is -0.495 e. The third kappa shape index (κ3) is 10.5. The molecule has 3 rings (SSSR count). The maximum atomic E-state index is 12.5. The summed E-state index contributed by atoms with van der Waals surface area (Å²) >= 11 is 8.63. The van der Waals surface area contributed by atoms with E-state index in [-0.39, 0.29) is 17.7 Å². The lowest BCUT2D eigenvalue weighted by Crippen LogP contribution is -2.33. The van der Waals surface area contributed by atoms with Crippen molar-refractivity contribution in [1.82, 2.24) is 4.90 Å². The van der Waals surface area contributed by atoms with Crippen LogP contribution in [-0.2, 0) is 22.6 Å². The van der Waals surface area contributed by atoms with E-state index in [1.807, 2.05) is 90.7 Å². The fraction of sp³-hybridized carbons (Fsp3) is 0.192. The zero-order valence-corrected chi connectivity index (χ0v) is 21.4. The van der Waals surface area contributed by atoms with Crippen LogP contribution in [0.1, 0.15) is 16.7 Å². The first-order valence-electron chi connectivity index (χ1n) is 10.7. The number of carbonyl (C=O) groups excluding carboxylic acids is 2. The average Bonchev–Trinajstić information content (AvgIpc) is 2.83. The van der Waals surface area contributed by atoms with Gasteiger partial charge in [-0.25, -0.2) is 0 Å². The Hall–Kier alpha value is -3.56. The molecule has 0 fully saturated rings. The lowest BCUT2D eigenvalue weighted by atomic mass is 10.2. The number of benzene rings is 3. The lowest BCUT2D eigenvalue weighted by Gasteiger charge is -2.25. The van der Waals surface area contributed by atoms with Gasteiger partial charge in [0, 0.05) is 13.1 Å². The monoisotopic (exact) mass is 511 g/mol. The Labute approximate surface area is 216 Å². The number of ether oxygens (including phenoxy) is 2. The lowest BCUT2D eigenvalue weighted by molar-refractivity contribution is -0.118. The number of amides is 2. The molecule has 35 heavy (non-hydrogen) atoms. The normalized spacial score (nSPS) is 9.80. The number of methoxy groups -OCH3 is 1. The zero-order valence-electron chi connectivity index (χ0n) is 19.6. The minimum atomic E-state index is -0.639. The van der Waals surface area contributed by atoms with E-state index in [0.29, 0.717) is 24.5 Å². The molecule has 3 aromatic carbocycles. The maximum Gasteiger partial charge on any atom is 0.273 e. The third-order valence-electron chi connectivity index (χ3n) is 4.65. The van der Waals surface area contributed by atoms with Crippen LogP contribution in [0.25, 0.3) is 0 Å². The number of nitrogens with one attached hydrogen (secondary N) is 1. The van der Waals surface area contributed by atoms with Crippen molar-refractivity contribution in [1.29, 1.82) is 0 Å². The van der Waals surface area contributed by atoms with Gasteiger partial charge in [0.1, 0.15) is 5.75 Å². The van der Waals surface area contributed by atoms with Crippen LogP contribution in [0.5, 0.6) is 5.75 Å². The van der Waals surface area contributed by atoms with E-state index in [1.165, 1.54) is 0 Å². The van der Waals surface area contributed by atoms with Crippen molar-refractivity contribution in [2.24, 2.45) is 5.73 Å². The van der Waals surface area contributed by atoms with E-state index in [4.69, 9.17) is 26.5 Å². The number of aryl methyl sites for hydroxylation is 1. The van der Waals surface area contributed by atoms with Gasteiger partial charge in [-0.1, -0.05) is 79.4 Å². The molecule has 0 bridgehead atoms. The number of thiocarbonyl (C=S) groups is 1. The van der Waals surface area contributed by atoms with Gasteiger partial charge in [-0.15, -0.1) is 0 Å². The Kier molecular flexibility index (Phi) is 11.6. The number of hydrogen-bond donors (Lipinski definition) is 3. The van der Waals surface area contributed by atoms with Crippen LogP contribution < -0.4 is 15.8 Å². The van der Waals surface area contributed by atoms with Gasteiger partial charge in [0.25, 0.3) is 16.3 Å². The van der Waals surface area contributed by atoms with Gasteiger partial charge in [0.2, 0.25) is 0 Å². The quantitative estimate of drug-likeness (QED) is 0.293. The van der Waals surface area contributed by atoms with E-state index < -0.39 is 5.24 Å². The molecule has 0 radical (unpaired) electrons. The molecule has 0 atom stereocenters. The summed E-state index contributed by atoms with van der Waals surface area (Å²) in [6.45, 7) is 2.94. The van der Waals surface area contributed by atoms with E-state index in [1.54, 1.807) is 7.11 Å². The summed E-state index contributed by atoms with van der Waals surface area (Å²) in [5, 5.41) is 2.47. The summed E-state index contributed by atoms with van der Waals surface area (Å²) in [7, 11) is 1.57.